The largest absolute Gasteiger partial charge is 0.371 e. The van der Waals surface area contributed by atoms with E-state index in [4.69, 9.17) is 0 Å². The van der Waals surface area contributed by atoms with Crippen LogP contribution in [0.2, 0.25) is 0 Å². The van der Waals surface area contributed by atoms with E-state index in [2.05, 4.69) is 40.9 Å². The third kappa shape index (κ3) is 4.12. The molecule has 0 bridgehead atoms. The minimum atomic E-state index is -0.160. The fourth-order valence-corrected chi connectivity index (χ4v) is 3.63. The topological polar surface area (TPSA) is 19.4 Å². The number of nitrogens with zero attached hydrogens (tertiary/aromatic N) is 3. The minimum absolute atomic E-state index is 0.160. The van der Waals surface area contributed by atoms with Gasteiger partial charge in [-0.3, -0.25) is 9.88 Å². The summed E-state index contributed by atoms with van der Waals surface area (Å²) in [7, 11) is 2.18. The number of anilines is 1. The molecule has 1 saturated heterocycles. The summed E-state index contributed by atoms with van der Waals surface area (Å²) in [5, 5.41) is 0. The molecule has 0 spiro atoms. The molecule has 3 nitrogen and oxygen atoms in total. The van der Waals surface area contributed by atoms with Gasteiger partial charge in [0.05, 0.1) is 5.69 Å². The molecular formula is C20H26FN3. The highest BCUT2D eigenvalue weighted by molar-refractivity contribution is 5.46. The molecule has 2 heterocycles. The Morgan fingerprint density at radius 3 is 2.58 bits per heavy atom. The molecule has 1 fully saturated rings. The second-order valence-electron chi connectivity index (χ2n) is 6.89. The van der Waals surface area contributed by atoms with Crippen LogP contribution in [0.25, 0.3) is 0 Å². The Hall–Kier alpha value is -1.94. The summed E-state index contributed by atoms with van der Waals surface area (Å²) >= 11 is 0. The highest BCUT2D eigenvalue weighted by atomic mass is 19.1. The number of piperidine rings is 1. The standard InChI is InChI=1S/C20H26FN3/c1-15-11-16(2)22-18(12-15)14-23(3)19-7-9-24(10-8-19)20-6-4-5-17(21)13-20/h4-6,11-13,19H,7-10,14H2,1-3H3. The second kappa shape index (κ2) is 7.31. The summed E-state index contributed by atoms with van der Waals surface area (Å²) < 4.78 is 13.4. The molecule has 1 aromatic heterocycles. The number of hydrogen-bond donors (Lipinski definition) is 0. The van der Waals surface area contributed by atoms with Gasteiger partial charge in [0, 0.05) is 37.1 Å². The van der Waals surface area contributed by atoms with Crippen molar-refractivity contribution >= 4 is 5.69 Å². The average molecular weight is 327 g/mol. The molecule has 0 radical (unpaired) electrons. The summed E-state index contributed by atoms with van der Waals surface area (Å²) in [5.74, 6) is -0.160. The Bertz CT molecular complexity index is 673. The summed E-state index contributed by atoms with van der Waals surface area (Å²) in [6.07, 6.45) is 2.19. The van der Waals surface area contributed by atoms with E-state index in [0.29, 0.717) is 6.04 Å². The third-order valence-corrected chi connectivity index (χ3v) is 4.82. The minimum Gasteiger partial charge on any atom is -0.371 e. The molecule has 0 N–H and O–H groups in total. The molecule has 1 aromatic carbocycles. The lowest BCUT2D eigenvalue weighted by Crippen LogP contribution is -2.43. The van der Waals surface area contributed by atoms with E-state index in [-0.39, 0.29) is 5.82 Å². The number of pyridine rings is 1. The molecule has 3 rings (SSSR count). The molecular weight excluding hydrogens is 301 g/mol. The van der Waals surface area contributed by atoms with Crippen LogP contribution < -0.4 is 4.90 Å². The zero-order valence-electron chi connectivity index (χ0n) is 14.8. The summed E-state index contributed by atoms with van der Waals surface area (Å²) in [5.41, 5.74) is 4.49. The van der Waals surface area contributed by atoms with Crippen LogP contribution >= 0.6 is 0 Å². The van der Waals surface area contributed by atoms with Crippen molar-refractivity contribution in [2.45, 2.75) is 39.3 Å². The van der Waals surface area contributed by atoms with Crippen LogP contribution in [0.15, 0.2) is 36.4 Å². The van der Waals surface area contributed by atoms with E-state index in [1.54, 1.807) is 12.1 Å². The zero-order chi connectivity index (χ0) is 17.1. The summed E-state index contributed by atoms with van der Waals surface area (Å²) in [4.78, 5) is 9.33. The molecule has 24 heavy (non-hydrogen) atoms. The number of hydrogen-bond acceptors (Lipinski definition) is 3. The van der Waals surface area contributed by atoms with Crippen molar-refractivity contribution < 1.29 is 4.39 Å². The van der Waals surface area contributed by atoms with E-state index in [9.17, 15) is 4.39 Å². The van der Waals surface area contributed by atoms with Crippen LogP contribution in [-0.2, 0) is 6.54 Å². The van der Waals surface area contributed by atoms with Crippen LogP contribution in [0.3, 0.4) is 0 Å². The molecule has 128 valence electrons. The second-order valence-corrected chi connectivity index (χ2v) is 6.89. The van der Waals surface area contributed by atoms with Crippen LogP contribution in [-0.4, -0.2) is 36.1 Å². The highest BCUT2D eigenvalue weighted by Crippen LogP contribution is 2.23. The molecule has 0 aliphatic carbocycles. The molecule has 2 aromatic rings. The van der Waals surface area contributed by atoms with Gasteiger partial charge in [-0.05, 0) is 69.6 Å². The van der Waals surface area contributed by atoms with Crippen molar-refractivity contribution in [1.29, 1.82) is 0 Å². The number of benzene rings is 1. The predicted octanol–water partition coefficient (Wildman–Crippen LogP) is 3.94. The molecule has 0 saturated carbocycles. The van der Waals surface area contributed by atoms with Gasteiger partial charge in [-0.1, -0.05) is 6.07 Å². The Morgan fingerprint density at radius 2 is 1.92 bits per heavy atom. The molecule has 0 atom stereocenters. The quantitative estimate of drug-likeness (QED) is 0.848. The molecule has 4 heteroatoms. The smallest absolute Gasteiger partial charge is 0.125 e. The van der Waals surface area contributed by atoms with Crippen LogP contribution in [0, 0.1) is 19.7 Å². The van der Waals surface area contributed by atoms with E-state index < -0.39 is 0 Å². The maximum Gasteiger partial charge on any atom is 0.125 e. The van der Waals surface area contributed by atoms with Gasteiger partial charge in [0.1, 0.15) is 5.82 Å². The van der Waals surface area contributed by atoms with Crippen LogP contribution in [0.1, 0.15) is 29.8 Å². The molecule has 0 unspecified atom stereocenters. The number of aryl methyl sites for hydroxylation is 2. The Balaban J connectivity index is 1.57. The normalized spacial score (nSPS) is 16.0. The van der Waals surface area contributed by atoms with Crippen molar-refractivity contribution in [3.05, 3.63) is 59.2 Å². The maximum atomic E-state index is 13.4. The number of aromatic nitrogens is 1. The summed E-state index contributed by atoms with van der Waals surface area (Å²) in [6, 6.07) is 11.7. The van der Waals surface area contributed by atoms with Gasteiger partial charge >= 0.3 is 0 Å². The first-order chi connectivity index (χ1) is 11.5. The van der Waals surface area contributed by atoms with E-state index >= 15 is 0 Å². The van der Waals surface area contributed by atoms with Gasteiger partial charge in [-0.2, -0.15) is 0 Å². The SMILES string of the molecule is Cc1cc(C)nc(CN(C)C2CCN(c3cccc(F)c3)CC2)c1. The molecule has 0 amide bonds. The predicted molar refractivity (Wildman–Crippen MR) is 96.8 cm³/mol. The van der Waals surface area contributed by atoms with Crippen molar-refractivity contribution in [3.8, 4) is 0 Å². The zero-order valence-corrected chi connectivity index (χ0v) is 14.8. The van der Waals surface area contributed by atoms with Gasteiger partial charge in [0.25, 0.3) is 0 Å². The Morgan fingerprint density at radius 1 is 1.17 bits per heavy atom. The number of rotatable bonds is 4. The molecule has 1 aliphatic heterocycles. The fraction of sp³-hybridized carbons (Fsp3) is 0.450. The fourth-order valence-electron chi connectivity index (χ4n) is 3.63. The maximum absolute atomic E-state index is 13.4. The lowest BCUT2D eigenvalue weighted by molar-refractivity contribution is 0.198. The van der Waals surface area contributed by atoms with Crippen LogP contribution in [0.5, 0.6) is 0 Å². The van der Waals surface area contributed by atoms with Gasteiger partial charge in [0.15, 0.2) is 0 Å². The third-order valence-electron chi connectivity index (χ3n) is 4.82. The van der Waals surface area contributed by atoms with Crippen LogP contribution in [0.4, 0.5) is 10.1 Å². The van der Waals surface area contributed by atoms with Gasteiger partial charge in [0.2, 0.25) is 0 Å². The lowest BCUT2D eigenvalue weighted by Gasteiger charge is -2.37. The van der Waals surface area contributed by atoms with Gasteiger partial charge in [-0.25, -0.2) is 4.39 Å². The first-order valence-corrected chi connectivity index (χ1v) is 8.66. The van der Waals surface area contributed by atoms with Crippen molar-refractivity contribution in [2.75, 3.05) is 25.0 Å². The first-order valence-electron chi connectivity index (χ1n) is 8.66. The van der Waals surface area contributed by atoms with Crippen molar-refractivity contribution in [3.63, 3.8) is 0 Å². The monoisotopic (exact) mass is 327 g/mol. The van der Waals surface area contributed by atoms with E-state index in [0.717, 1.165) is 49.6 Å². The highest BCUT2D eigenvalue weighted by Gasteiger charge is 2.23. The lowest BCUT2D eigenvalue weighted by atomic mass is 10.0. The Kier molecular flexibility index (Phi) is 5.14. The van der Waals surface area contributed by atoms with Crippen molar-refractivity contribution in [2.24, 2.45) is 0 Å². The Labute approximate surface area is 144 Å². The van der Waals surface area contributed by atoms with Crippen molar-refractivity contribution in [1.82, 2.24) is 9.88 Å². The first kappa shape index (κ1) is 16.9. The van der Waals surface area contributed by atoms with E-state index in [1.165, 1.54) is 11.6 Å². The average Bonchev–Trinajstić information content (AvgIpc) is 2.54. The van der Waals surface area contributed by atoms with Gasteiger partial charge < -0.3 is 4.90 Å². The van der Waals surface area contributed by atoms with E-state index in [1.807, 2.05) is 13.0 Å². The molecule has 1 aliphatic rings. The van der Waals surface area contributed by atoms with Gasteiger partial charge in [-0.15, -0.1) is 0 Å². The summed E-state index contributed by atoms with van der Waals surface area (Å²) in [6.45, 7) is 6.99. The number of halogens is 1.